The molecule has 0 radical (unpaired) electrons. The third-order valence-corrected chi connectivity index (χ3v) is 5.90. The zero-order valence-electron chi connectivity index (χ0n) is 13.6. The van der Waals surface area contributed by atoms with Crippen molar-refractivity contribution in [2.24, 2.45) is 0 Å². The molecule has 0 saturated carbocycles. The van der Waals surface area contributed by atoms with Gasteiger partial charge in [0.05, 0.1) is 22.5 Å². The van der Waals surface area contributed by atoms with Crippen molar-refractivity contribution in [1.82, 2.24) is 0 Å². The maximum absolute atomic E-state index is 12.6. The van der Waals surface area contributed by atoms with Gasteiger partial charge in [-0.05, 0) is 48.2 Å². The third kappa shape index (κ3) is 4.40. The largest absolute Gasteiger partial charge is 0.284 e. The normalized spacial score (nSPS) is 14.4. The first-order valence-corrected chi connectivity index (χ1v) is 11.0. The molecule has 0 heterocycles. The van der Waals surface area contributed by atoms with Crippen LogP contribution < -0.4 is 9.44 Å². The lowest BCUT2D eigenvalue weighted by Gasteiger charge is -2.17. The fourth-order valence-corrected chi connectivity index (χ4v) is 4.48. The van der Waals surface area contributed by atoms with Crippen molar-refractivity contribution in [3.8, 4) is 0 Å². The molecule has 0 fully saturated rings. The van der Waals surface area contributed by atoms with Gasteiger partial charge in [-0.3, -0.25) is 9.44 Å². The number of benzene rings is 2. The zero-order valence-corrected chi connectivity index (χ0v) is 15.2. The topological polar surface area (TPSA) is 92.3 Å². The van der Waals surface area contributed by atoms with E-state index in [-0.39, 0.29) is 0 Å². The smallest absolute Gasteiger partial charge is 0.258 e. The molecule has 3 rings (SSSR count). The lowest BCUT2D eigenvalue weighted by atomic mass is 9.98. The first-order chi connectivity index (χ1) is 11.7. The average molecular weight is 378 g/mol. The molecule has 8 heteroatoms. The van der Waals surface area contributed by atoms with Gasteiger partial charge in [0.15, 0.2) is 0 Å². The van der Waals surface area contributed by atoms with Gasteiger partial charge in [-0.2, -0.15) is 0 Å². The number of anilines is 2. The zero-order chi connectivity index (χ0) is 18.1. The van der Waals surface area contributed by atoms with Crippen LogP contribution in [0.25, 0.3) is 6.08 Å². The molecule has 0 aromatic heterocycles. The molecule has 0 bridgehead atoms. The van der Waals surface area contributed by atoms with Gasteiger partial charge in [-0.25, -0.2) is 16.8 Å². The van der Waals surface area contributed by atoms with Crippen LogP contribution in [-0.4, -0.2) is 23.1 Å². The molecule has 0 spiro atoms. The second-order valence-corrected chi connectivity index (χ2v) is 9.35. The second kappa shape index (κ2) is 6.53. The van der Waals surface area contributed by atoms with Crippen LogP contribution in [0, 0.1) is 0 Å². The van der Waals surface area contributed by atoms with Crippen LogP contribution in [0.15, 0.2) is 53.4 Å². The van der Waals surface area contributed by atoms with Crippen molar-refractivity contribution >= 4 is 37.5 Å². The first-order valence-electron chi connectivity index (χ1n) is 7.62. The van der Waals surface area contributed by atoms with E-state index in [1.165, 1.54) is 6.07 Å². The minimum atomic E-state index is -3.71. The van der Waals surface area contributed by atoms with Crippen LogP contribution in [0.2, 0.25) is 0 Å². The summed E-state index contributed by atoms with van der Waals surface area (Å²) in [4.78, 5) is 0.313. The predicted octanol–water partition coefficient (Wildman–Crippen LogP) is 2.79. The number of fused-ring (bicyclic) bond motifs is 1. The molecule has 2 aromatic carbocycles. The van der Waals surface area contributed by atoms with Crippen molar-refractivity contribution in [2.75, 3.05) is 15.7 Å². The van der Waals surface area contributed by atoms with Crippen LogP contribution in [0.3, 0.4) is 0 Å². The van der Waals surface area contributed by atoms with Crippen molar-refractivity contribution < 1.29 is 16.8 Å². The predicted molar refractivity (Wildman–Crippen MR) is 100 cm³/mol. The Morgan fingerprint density at radius 2 is 1.52 bits per heavy atom. The van der Waals surface area contributed by atoms with Gasteiger partial charge >= 0.3 is 0 Å². The Balaban J connectivity index is 1.86. The molecule has 25 heavy (non-hydrogen) atoms. The summed E-state index contributed by atoms with van der Waals surface area (Å²) >= 11 is 0. The van der Waals surface area contributed by atoms with Gasteiger partial charge in [-0.15, -0.1) is 0 Å². The van der Waals surface area contributed by atoms with Crippen LogP contribution in [-0.2, 0) is 26.5 Å². The van der Waals surface area contributed by atoms with E-state index in [0.29, 0.717) is 29.1 Å². The second-order valence-electron chi connectivity index (χ2n) is 5.87. The van der Waals surface area contributed by atoms with E-state index < -0.39 is 20.0 Å². The van der Waals surface area contributed by atoms with Gasteiger partial charge in [0.1, 0.15) is 0 Å². The van der Waals surface area contributed by atoms with Crippen LogP contribution in [0.1, 0.15) is 17.5 Å². The summed E-state index contributed by atoms with van der Waals surface area (Å²) in [5.41, 5.74) is 2.63. The SMILES string of the molecule is CS(=O)(=O)Nc1cccc(NS(=O)(=O)C2=Cc3ccccc3CC2)c1. The van der Waals surface area contributed by atoms with Gasteiger partial charge < -0.3 is 0 Å². The van der Waals surface area contributed by atoms with Crippen molar-refractivity contribution in [2.45, 2.75) is 12.8 Å². The Labute approximate surface area is 147 Å². The Bertz CT molecular complexity index is 1040. The fraction of sp³-hybridized carbons (Fsp3) is 0.176. The molecule has 0 atom stereocenters. The van der Waals surface area contributed by atoms with Gasteiger partial charge in [0.25, 0.3) is 10.0 Å². The highest BCUT2D eigenvalue weighted by Crippen LogP contribution is 2.28. The third-order valence-electron chi connectivity index (χ3n) is 3.78. The Morgan fingerprint density at radius 1 is 0.840 bits per heavy atom. The highest BCUT2D eigenvalue weighted by molar-refractivity contribution is 7.96. The number of sulfonamides is 2. The maximum Gasteiger partial charge on any atom is 0.258 e. The van der Waals surface area contributed by atoms with Gasteiger partial charge in [0, 0.05) is 0 Å². The Kier molecular flexibility index (Phi) is 4.57. The summed E-state index contributed by atoms with van der Waals surface area (Å²) in [7, 11) is -7.14. The van der Waals surface area contributed by atoms with E-state index in [1.807, 2.05) is 24.3 Å². The van der Waals surface area contributed by atoms with E-state index in [4.69, 9.17) is 0 Å². The summed E-state index contributed by atoms with van der Waals surface area (Å²) in [5, 5.41) is 0. The van der Waals surface area contributed by atoms with E-state index >= 15 is 0 Å². The average Bonchev–Trinajstić information content (AvgIpc) is 2.52. The van der Waals surface area contributed by atoms with E-state index in [2.05, 4.69) is 9.44 Å². The molecular formula is C17H18N2O4S2. The fourth-order valence-electron chi connectivity index (χ4n) is 2.70. The number of hydrogen-bond acceptors (Lipinski definition) is 4. The van der Waals surface area contributed by atoms with Crippen LogP contribution in [0.4, 0.5) is 11.4 Å². The van der Waals surface area contributed by atoms with E-state index in [0.717, 1.165) is 17.4 Å². The van der Waals surface area contributed by atoms with E-state index in [1.54, 1.807) is 24.3 Å². The molecule has 0 saturated heterocycles. The van der Waals surface area contributed by atoms with E-state index in [9.17, 15) is 16.8 Å². The molecule has 0 aliphatic heterocycles. The van der Waals surface area contributed by atoms with Gasteiger partial charge in [-0.1, -0.05) is 30.3 Å². The molecular weight excluding hydrogens is 360 g/mol. The number of rotatable bonds is 5. The quantitative estimate of drug-likeness (QED) is 0.837. The lowest BCUT2D eigenvalue weighted by Crippen LogP contribution is -2.17. The summed E-state index contributed by atoms with van der Waals surface area (Å²) in [6.45, 7) is 0. The molecule has 1 aliphatic rings. The number of aryl methyl sites for hydroxylation is 1. The molecule has 2 N–H and O–H groups in total. The number of nitrogens with one attached hydrogen (secondary N) is 2. The molecule has 132 valence electrons. The van der Waals surface area contributed by atoms with Crippen molar-refractivity contribution in [3.05, 3.63) is 64.6 Å². The molecule has 1 aliphatic carbocycles. The standard InChI is InChI=1S/C17H18N2O4S2/c1-24(20,21)18-15-7-4-8-16(12-15)19-25(22,23)17-10-9-13-5-2-3-6-14(13)11-17/h2-8,11-12,18-19H,9-10H2,1H3. The molecule has 6 nitrogen and oxygen atoms in total. The monoisotopic (exact) mass is 378 g/mol. The molecule has 0 amide bonds. The number of hydrogen-bond donors (Lipinski definition) is 2. The first kappa shape index (κ1) is 17.5. The summed E-state index contributed by atoms with van der Waals surface area (Å²) in [5.74, 6) is 0. The Morgan fingerprint density at radius 3 is 2.24 bits per heavy atom. The summed E-state index contributed by atoms with van der Waals surface area (Å²) in [6, 6.07) is 13.8. The highest BCUT2D eigenvalue weighted by Gasteiger charge is 2.21. The van der Waals surface area contributed by atoms with Crippen molar-refractivity contribution in [1.29, 1.82) is 0 Å². The molecule has 2 aromatic rings. The lowest BCUT2D eigenvalue weighted by molar-refractivity contribution is 0.604. The Hall–Kier alpha value is -2.32. The minimum Gasteiger partial charge on any atom is -0.284 e. The number of allylic oxidation sites excluding steroid dienone is 1. The minimum absolute atomic E-state index is 0.297. The van der Waals surface area contributed by atoms with Crippen LogP contribution >= 0.6 is 0 Å². The summed E-state index contributed by atoms with van der Waals surface area (Å²) < 4.78 is 52.7. The summed E-state index contributed by atoms with van der Waals surface area (Å²) in [6.07, 6.45) is 3.81. The highest BCUT2D eigenvalue weighted by atomic mass is 32.2. The van der Waals surface area contributed by atoms with Crippen LogP contribution in [0.5, 0.6) is 0 Å². The molecule has 0 unspecified atom stereocenters. The maximum atomic E-state index is 12.6. The van der Waals surface area contributed by atoms with Crippen molar-refractivity contribution in [3.63, 3.8) is 0 Å². The van der Waals surface area contributed by atoms with Gasteiger partial charge in [0.2, 0.25) is 10.0 Å².